The smallest absolute Gasteiger partial charge is 0.262 e. The van der Waals surface area contributed by atoms with Gasteiger partial charge in [0.2, 0.25) is 5.43 Å². The zero-order valence-electron chi connectivity index (χ0n) is 14.7. The molecule has 1 aromatic heterocycles. The van der Waals surface area contributed by atoms with Crippen LogP contribution in [0.1, 0.15) is 26.0 Å². The van der Waals surface area contributed by atoms with E-state index in [0.29, 0.717) is 16.6 Å². The van der Waals surface area contributed by atoms with Gasteiger partial charge in [0.1, 0.15) is 0 Å². The van der Waals surface area contributed by atoms with E-state index in [9.17, 15) is 9.59 Å². The molecule has 25 heavy (non-hydrogen) atoms. The summed E-state index contributed by atoms with van der Waals surface area (Å²) in [6, 6.07) is 8.31. The topological polar surface area (TPSA) is 60.3 Å². The first-order chi connectivity index (χ1) is 11.9. The van der Waals surface area contributed by atoms with Crippen LogP contribution in [-0.2, 0) is 11.3 Å². The van der Waals surface area contributed by atoms with Gasteiger partial charge in [-0.3, -0.25) is 9.59 Å². The molecule has 134 valence electrons. The van der Waals surface area contributed by atoms with Gasteiger partial charge in [-0.15, -0.1) is 0 Å². The van der Waals surface area contributed by atoms with Gasteiger partial charge in [0.25, 0.3) is 5.91 Å². The molecular weight excluding hydrogens is 340 g/mol. The third kappa shape index (κ3) is 5.64. The van der Waals surface area contributed by atoms with Crippen molar-refractivity contribution in [2.45, 2.75) is 33.7 Å². The molecule has 6 heteroatoms. The van der Waals surface area contributed by atoms with Gasteiger partial charge in [0.05, 0.1) is 5.69 Å². The summed E-state index contributed by atoms with van der Waals surface area (Å²) in [5.74, 6) is 0.429. The van der Waals surface area contributed by atoms with Crippen LogP contribution in [0.2, 0.25) is 5.02 Å². The number of rotatable bonds is 7. The average Bonchev–Trinajstić information content (AvgIpc) is 2.53. The van der Waals surface area contributed by atoms with Gasteiger partial charge in [0.15, 0.2) is 12.4 Å². The average molecular weight is 363 g/mol. The molecule has 1 N–H and O–H groups in total. The summed E-state index contributed by atoms with van der Waals surface area (Å²) in [5, 5.41) is 3.22. The normalized spacial score (nSPS) is 10.8. The highest BCUT2D eigenvalue weighted by atomic mass is 35.5. The molecule has 0 radical (unpaired) electrons. The van der Waals surface area contributed by atoms with Gasteiger partial charge in [-0.05, 0) is 37.5 Å². The molecule has 0 unspecified atom stereocenters. The lowest BCUT2D eigenvalue weighted by molar-refractivity contribution is -0.118. The SMILES string of the molecule is Cc1c(OCC(=O)Nc2cccc(Cl)c2)c(=O)ccn1CCC(C)C. The summed E-state index contributed by atoms with van der Waals surface area (Å²) in [7, 11) is 0. The van der Waals surface area contributed by atoms with Crippen molar-refractivity contribution in [1.29, 1.82) is 0 Å². The first-order valence-electron chi connectivity index (χ1n) is 8.25. The van der Waals surface area contributed by atoms with Gasteiger partial charge in [0, 0.05) is 29.5 Å². The summed E-state index contributed by atoms with van der Waals surface area (Å²) in [6.07, 6.45) is 2.76. The molecule has 0 aliphatic rings. The summed E-state index contributed by atoms with van der Waals surface area (Å²) in [5.41, 5.74) is 1.08. The largest absolute Gasteiger partial charge is 0.478 e. The molecule has 1 aromatic carbocycles. The monoisotopic (exact) mass is 362 g/mol. The Bertz CT molecular complexity index is 799. The van der Waals surface area contributed by atoms with E-state index in [-0.39, 0.29) is 23.7 Å². The molecular formula is C19H23ClN2O3. The van der Waals surface area contributed by atoms with Gasteiger partial charge < -0.3 is 14.6 Å². The van der Waals surface area contributed by atoms with Gasteiger partial charge in [-0.25, -0.2) is 0 Å². The van der Waals surface area contributed by atoms with Crippen LogP contribution in [-0.4, -0.2) is 17.1 Å². The molecule has 0 saturated carbocycles. The standard InChI is InChI=1S/C19H23ClN2O3/c1-13(2)7-9-22-10-8-17(23)19(14(22)3)25-12-18(24)21-16-6-4-5-15(20)11-16/h4-6,8,10-11,13H,7,9,12H2,1-3H3,(H,21,24). The van der Waals surface area contributed by atoms with Crippen LogP contribution in [0, 0.1) is 12.8 Å². The molecule has 0 atom stereocenters. The number of halogens is 1. The maximum atomic E-state index is 12.1. The number of amides is 1. The Balaban J connectivity index is 2.03. The second-order valence-corrected chi connectivity index (χ2v) is 6.75. The number of ether oxygens (including phenoxy) is 1. The van der Waals surface area contributed by atoms with Crippen LogP contribution < -0.4 is 15.5 Å². The lowest BCUT2D eigenvalue weighted by Gasteiger charge is -2.15. The minimum Gasteiger partial charge on any atom is -0.478 e. The zero-order chi connectivity index (χ0) is 18.4. The lowest BCUT2D eigenvalue weighted by atomic mass is 10.1. The van der Waals surface area contributed by atoms with Crippen molar-refractivity contribution in [3.05, 3.63) is 57.5 Å². The minimum absolute atomic E-state index is 0.215. The molecule has 0 spiro atoms. The summed E-state index contributed by atoms with van der Waals surface area (Å²) >= 11 is 5.89. The summed E-state index contributed by atoms with van der Waals surface area (Å²) in [4.78, 5) is 24.1. The van der Waals surface area contributed by atoms with Crippen molar-refractivity contribution in [2.75, 3.05) is 11.9 Å². The Morgan fingerprint density at radius 2 is 2.08 bits per heavy atom. The molecule has 0 fully saturated rings. The van der Waals surface area contributed by atoms with Crippen LogP contribution in [0.3, 0.4) is 0 Å². The second-order valence-electron chi connectivity index (χ2n) is 6.32. The number of aromatic nitrogens is 1. The van der Waals surface area contributed by atoms with Crippen molar-refractivity contribution in [1.82, 2.24) is 4.57 Å². The van der Waals surface area contributed by atoms with Crippen molar-refractivity contribution < 1.29 is 9.53 Å². The highest BCUT2D eigenvalue weighted by Gasteiger charge is 2.11. The fraction of sp³-hybridized carbons (Fsp3) is 0.368. The zero-order valence-corrected chi connectivity index (χ0v) is 15.5. The number of nitrogens with one attached hydrogen (secondary N) is 1. The van der Waals surface area contributed by atoms with E-state index in [0.717, 1.165) is 18.7 Å². The molecule has 0 aliphatic carbocycles. The maximum absolute atomic E-state index is 12.1. The van der Waals surface area contributed by atoms with E-state index in [1.54, 1.807) is 30.5 Å². The van der Waals surface area contributed by atoms with Crippen LogP contribution >= 0.6 is 11.6 Å². The lowest BCUT2D eigenvalue weighted by Crippen LogP contribution is -2.23. The number of pyridine rings is 1. The van der Waals surface area contributed by atoms with Gasteiger partial charge >= 0.3 is 0 Å². The molecule has 0 bridgehead atoms. The molecule has 1 heterocycles. The van der Waals surface area contributed by atoms with E-state index >= 15 is 0 Å². The van der Waals surface area contributed by atoms with E-state index in [1.807, 2.05) is 11.5 Å². The molecule has 1 amide bonds. The quantitative estimate of drug-likeness (QED) is 0.813. The number of nitrogens with zero attached hydrogens (tertiary/aromatic N) is 1. The first-order valence-corrected chi connectivity index (χ1v) is 8.63. The molecule has 5 nitrogen and oxygen atoms in total. The predicted octanol–water partition coefficient (Wildman–Crippen LogP) is 3.87. The van der Waals surface area contributed by atoms with Crippen LogP contribution in [0.4, 0.5) is 5.69 Å². The third-order valence-corrected chi connectivity index (χ3v) is 4.03. The van der Waals surface area contributed by atoms with E-state index in [4.69, 9.17) is 16.3 Å². The van der Waals surface area contributed by atoms with Gasteiger partial charge in [-0.1, -0.05) is 31.5 Å². The van der Waals surface area contributed by atoms with Crippen LogP contribution in [0.15, 0.2) is 41.3 Å². The minimum atomic E-state index is -0.348. The van der Waals surface area contributed by atoms with E-state index in [1.165, 1.54) is 6.07 Å². The Hall–Kier alpha value is -2.27. The third-order valence-electron chi connectivity index (χ3n) is 3.79. The van der Waals surface area contributed by atoms with E-state index < -0.39 is 0 Å². The number of hydrogen-bond donors (Lipinski definition) is 1. The van der Waals surface area contributed by atoms with Crippen molar-refractivity contribution in [3.63, 3.8) is 0 Å². The van der Waals surface area contributed by atoms with Crippen LogP contribution in [0.25, 0.3) is 0 Å². The molecule has 2 rings (SSSR count). The molecule has 0 aliphatic heterocycles. The Kier molecular flexibility index (Phi) is 6.65. The fourth-order valence-electron chi connectivity index (χ4n) is 2.37. The highest BCUT2D eigenvalue weighted by Crippen LogP contribution is 2.16. The number of carbonyl (C=O) groups excluding carboxylic acids is 1. The number of anilines is 1. The predicted molar refractivity (Wildman–Crippen MR) is 100 cm³/mol. The van der Waals surface area contributed by atoms with Crippen LogP contribution in [0.5, 0.6) is 5.75 Å². The highest BCUT2D eigenvalue weighted by molar-refractivity contribution is 6.30. The number of carbonyl (C=O) groups is 1. The van der Waals surface area contributed by atoms with Crippen molar-refractivity contribution >= 4 is 23.2 Å². The fourth-order valence-corrected chi connectivity index (χ4v) is 2.56. The van der Waals surface area contributed by atoms with E-state index in [2.05, 4.69) is 19.2 Å². The number of aryl methyl sites for hydroxylation is 1. The Labute approximate surface area is 152 Å². The van der Waals surface area contributed by atoms with Crippen molar-refractivity contribution in [2.24, 2.45) is 5.92 Å². The number of benzene rings is 1. The summed E-state index contributed by atoms with van der Waals surface area (Å²) in [6.45, 7) is 6.68. The summed E-state index contributed by atoms with van der Waals surface area (Å²) < 4.78 is 7.48. The number of hydrogen-bond acceptors (Lipinski definition) is 3. The van der Waals surface area contributed by atoms with Gasteiger partial charge in [-0.2, -0.15) is 0 Å². The molecule has 2 aromatic rings. The molecule has 0 saturated heterocycles. The maximum Gasteiger partial charge on any atom is 0.262 e. The Morgan fingerprint density at radius 1 is 1.32 bits per heavy atom. The first kappa shape index (κ1) is 19.1. The Morgan fingerprint density at radius 3 is 2.76 bits per heavy atom. The second kappa shape index (κ2) is 8.72. The van der Waals surface area contributed by atoms with Crippen molar-refractivity contribution in [3.8, 4) is 5.75 Å².